The largest absolute Gasteiger partial charge is 0.326 e. The van der Waals surface area contributed by atoms with Crippen LogP contribution in [0.5, 0.6) is 0 Å². The minimum Gasteiger partial charge on any atom is -0.326 e. The zero-order valence-corrected chi connectivity index (χ0v) is 7.28. The molecule has 1 aromatic heterocycles. The van der Waals surface area contributed by atoms with Crippen LogP contribution in [0.25, 0.3) is 0 Å². The van der Waals surface area contributed by atoms with E-state index < -0.39 is 28.7 Å². The summed E-state index contributed by atoms with van der Waals surface area (Å²) in [4.78, 5) is 12.0. The number of hydrogen-bond acceptors (Lipinski definition) is 4. The van der Waals surface area contributed by atoms with Crippen molar-refractivity contribution < 1.29 is 18.1 Å². The fraction of sp³-hybridized carbons (Fsp3) is 0.286. The summed E-state index contributed by atoms with van der Waals surface area (Å²) in [5, 5.41) is 10.3. The second-order valence-corrected chi connectivity index (χ2v) is 2.60. The molecule has 0 unspecified atom stereocenters. The van der Waals surface area contributed by atoms with Gasteiger partial charge in [-0.25, -0.2) is 13.8 Å². The minimum atomic E-state index is -3.01. The molecule has 0 amide bonds. The van der Waals surface area contributed by atoms with Crippen molar-refractivity contribution in [2.45, 2.75) is 13.0 Å². The fourth-order valence-electron chi connectivity index (χ4n) is 1.01. The standard InChI is InChI=1S/C7H6F3N3O2/c8-6(9)5-3(2-11)1-4(13(14)15)7(10)12-5/h1,6H,2,11H2. The molecule has 0 aliphatic rings. The molecule has 0 radical (unpaired) electrons. The van der Waals surface area contributed by atoms with Crippen molar-refractivity contribution in [3.63, 3.8) is 0 Å². The van der Waals surface area contributed by atoms with Crippen LogP contribution >= 0.6 is 0 Å². The Morgan fingerprint density at radius 1 is 1.60 bits per heavy atom. The van der Waals surface area contributed by atoms with Crippen LogP contribution in [0.2, 0.25) is 0 Å². The molecular formula is C7H6F3N3O2. The Morgan fingerprint density at radius 3 is 2.60 bits per heavy atom. The van der Waals surface area contributed by atoms with Crippen LogP contribution in [0.3, 0.4) is 0 Å². The normalized spacial score (nSPS) is 10.7. The summed E-state index contributed by atoms with van der Waals surface area (Å²) in [5.41, 5.74) is 3.03. The Hall–Kier alpha value is -1.70. The molecule has 2 N–H and O–H groups in total. The average Bonchev–Trinajstić information content (AvgIpc) is 2.16. The summed E-state index contributed by atoms with van der Waals surface area (Å²) in [7, 11) is 0. The highest BCUT2D eigenvalue weighted by Crippen LogP contribution is 2.25. The first-order chi connectivity index (χ1) is 6.97. The van der Waals surface area contributed by atoms with Crippen LogP contribution in [0.1, 0.15) is 17.7 Å². The highest BCUT2D eigenvalue weighted by atomic mass is 19.3. The molecule has 15 heavy (non-hydrogen) atoms. The summed E-state index contributed by atoms with van der Waals surface area (Å²) >= 11 is 0. The molecule has 8 heteroatoms. The van der Waals surface area contributed by atoms with Crippen LogP contribution in [-0.4, -0.2) is 9.91 Å². The first-order valence-corrected chi connectivity index (χ1v) is 3.79. The van der Waals surface area contributed by atoms with E-state index in [4.69, 9.17) is 5.73 Å². The van der Waals surface area contributed by atoms with E-state index in [1.54, 1.807) is 0 Å². The minimum absolute atomic E-state index is 0.238. The van der Waals surface area contributed by atoms with Gasteiger partial charge in [0, 0.05) is 18.2 Å². The van der Waals surface area contributed by atoms with E-state index in [-0.39, 0.29) is 12.1 Å². The van der Waals surface area contributed by atoms with E-state index in [9.17, 15) is 23.3 Å². The van der Waals surface area contributed by atoms with Crippen molar-refractivity contribution in [2.75, 3.05) is 0 Å². The monoisotopic (exact) mass is 221 g/mol. The van der Waals surface area contributed by atoms with Gasteiger partial charge in [0.25, 0.3) is 12.4 Å². The molecule has 0 spiro atoms. The summed E-state index contributed by atoms with van der Waals surface area (Å²) < 4.78 is 37.4. The lowest BCUT2D eigenvalue weighted by Crippen LogP contribution is -2.08. The highest BCUT2D eigenvalue weighted by Gasteiger charge is 2.23. The third-order valence-electron chi connectivity index (χ3n) is 1.69. The van der Waals surface area contributed by atoms with Crippen LogP contribution < -0.4 is 5.73 Å². The predicted octanol–water partition coefficient (Wildman–Crippen LogP) is 1.53. The van der Waals surface area contributed by atoms with Crippen molar-refractivity contribution in [1.82, 2.24) is 4.98 Å². The molecule has 0 bridgehead atoms. The third-order valence-corrected chi connectivity index (χ3v) is 1.69. The number of hydrogen-bond donors (Lipinski definition) is 1. The van der Waals surface area contributed by atoms with E-state index in [1.807, 2.05) is 0 Å². The Balaban J connectivity index is 3.35. The Bertz CT molecular complexity index is 397. The van der Waals surface area contributed by atoms with Gasteiger partial charge in [-0.1, -0.05) is 0 Å². The topological polar surface area (TPSA) is 82.0 Å². The average molecular weight is 221 g/mol. The molecule has 0 aromatic carbocycles. The highest BCUT2D eigenvalue weighted by molar-refractivity contribution is 5.36. The summed E-state index contributed by atoms with van der Waals surface area (Å²) in [5.74, 6) is -1.53. The van der Waals surface area contributed by atoms with E-state index in [1.165, 1.54) is 0 Å². The van der Waals surface area contributed by atoms with Crippen molar-refractivity contribution in [3.05, 3.63) is 33.4 Å². The van der Waals surface area contributed by atoms with Gasteiger partial charge in [-0.05, 0) is 0 Å². The van der Waals surface area contributed by atoms with Gasteiger partial charge in [0.1, 0.15) is 5.69 Å². The zero-order valence-electron chi connectivity index (χ0n) is 7.28. The summed E-state index contributed by atoms with van der Waals surface area (Å²) in [6.45, 7) is -0.367. The van der Waals surface area contributed by atoms with Gasteiger partial charge in [0.05, 0.1) is 4.92 Å². The summed E-state index contributed by atoms with van der Waals surface area (Å²) in [6, 6.07) is 0.670. The predicted molar refractivity (Wildman–Crippen MR) is 43.7 cm³/mol. The van der Waals surface area contributed by atoms with Gasteiger partial charge in [-0.2, -0.15) is 4.39 Å². The van der Waals surface area contributed by atoms with Crippen LogP contribution in [0.15, 0.2) is 6.07 Å². The maximum atomic E-state index is 12.9. The van der Waals surface area contributed by atoms with Crippen molar-refractivity contribution in [3.8, 4) is 0 Å². The molecule has 5 nitrogen and oxygen atoms in total. The number of halogens is 3. The van der Waals surface area contributed by atoms with Gasteiger partial charge in [0.15, 0.2) is 0 Å². The molecule has 1 heterocycles. The number of aromatic nitrogens is 1. The number of rotatable bonds is 3. The second kappa shape index (κ2) is 4.22. The Morgan fingerprint density at radius 2 is 2.20 bits per heavy atom. The smallest absolute Gasteiger partial charge is 0.324 e. The van der Waals surface area contributed by atoms with Gasteiger partial charge >= 0.3 is 5.69 Å². The Kier molecular flexibility index (Phi) is 3.20. The molecule has 1 rings (SSSR count). The fourth-order valence-corrected chi connectivity index (χ4v) is 1.01. The number of alkyl halides is 2. The lowest BCUT2D eigenvalue weighted by atomic mass is 10.2. The third kappa shape index (κ3) is 2.21. The molecule has 0 atom stereocenters. The second-order valence-electron chi connectivity index (χ2n) is 2.60. The van der Waals surface area contributed by atoms with E-state index in [2.05, 4.69) is 4.98 Å². The summed E-state index contributed by atoms with van der Waals surface area (Å²) in [6.07, 6.45) is -3.01. The lowest BCUT2D eigenvalue weighted by Gasteiger charge is -2.05. The van der Waals surface area contributed by atoms with Crippen molar-refractivity contribution >= 4 is 5.69 Å². The van der Waals surface area contributed by atoms with Crippen molar-refractivity contribution in [1.29, 1.82) is 0 Å². The van der Waals surface area contributed by atoms with Crippen LogP contribution in [-0.2, 0) is 6.54 Å². The number of nitrogens with zero attached hydrogens (tertiary/aromatic N) is 2. The molecule has 82 valence electrons. The molecule has 0 aliphatic carbocycles. The zero-order chi connectivity index (χ0) is 11.6. The SMILES string of the molecule is NCc1cc([N+](=O)[O-])c(F)nc1C(F)F. The molecular weight excluding hydrogens is 215 g/mol. The first-order valence-electron chi connectivity index (χ1n) is 3.79. The van der Waals surface area contributed by atoms with E-state index in [0.717, 1.165) is 0 Å². The first kappa shape index (κ1) is 11.4. The van der Waals surface area contributed by atoms with E-state index in [0.29, 0.717) is 6.07 Å². The van der Waals surface area contributed by atoms with Crippen molar-refractivity contribution in [2.24, 2.45) is 5.73 Å². The molecule has 1 aromatic rings. The van der Waals surface area contributed by atoms with Gasteiger partial charge in [-0.15, -0.1) is 0 Å². The number of pyridine rings is 1. The van der Waals surface area contributed by atoms with Gasteiger partial charge in [0.2, 0.25) is 0 Å². The molecule has 0 fully saturated rings. The Labute approximate surface area is 81.9 Å². The maximum Gasteiger partial charge on any atom is 0.324 e. The molecule has 0 saturated carbocycles. The van der Waals surface area contributed by atoms with Gasteiger partial charge < -0.3 is 5.73 Å². The van der Waals surface area contributed by atoms with Crippen LogP contribution in [0.4, 0.5) is 18.9 Å². The van der Waals surface area contributed by atoms with E-state index >= 15 is 0 Å². The van der Waals surface area contributed by atoms with Crippen LogP contribution in [0, 0.1) is 16.1 Å². The number of nitrogens with two attached hydrogens (primary N) is 1. The maximum absolute atomic E-state index is 12.9. The molecule has 0 aliphatic heterocycles. The quantitative estimate of drug-likeness (QED) is 0.476. The molecule has 0 saturated heterocycles. The number of nitro groups is 1. The van der Waals surface area contributed by atoms with Gasteiger partial charge in [-0.3, -0.25) is 10.1 Å². The lowest BCUT2D eigenvalue weighted by molar-refractivity contribution is -0.388.